The zero-order chi connectivity index (χ0) is 28.5. The van der Waals surface area contributed by atoms with Gasteiger partial charge in [-0.25, -0.2) is 15.0 Å². The second kappa shape index (κ2) is 18.8. The Kier molecular flexibility index (Phi) is 16.6. The van der Waals surface area contributed by atoms with Crippen LogP contribution in [-0.2, 0) is 0 Å². The van der Waals surface area contributed by atoms with Crippen LogP contribution in [0.4, 0.5) is 11.8 Å². The summed E-state index contributed by atoms with van der Waals surface area (Å²) in [6.45, 7) is 9.77. The summed E-state index contributed by atoms with van der Waals surface area (Å²) < 4.78 is 19.1. The summed E-state index contributed by atoms with van der Waals surface area (Å²) in [4.78, 5) is 13.6. The van der Waals surface area contributed by atoms with E-state index in [1.807, 2.05) is 20.1 Å². The van der Waals surface area contributed by atoms with Crippen LogP contribution in [0.25, 0.3) is 22.2 Å². The molecular formula is C26H40Cl2N6O3S. The van der Waals surface area contributed by atoms with E-state index in [0.717, 1.165) is 11.9 Å². The molecule has 0 unspecified atom stereocenters. The largest absolute Gasteiger partial charge is 0.495 e. The molecule has 2 heterocycles. The molecule has 0 bridgehead atoms. The predicted molar refractivity (Wildman–Crippen MR) is 163 cm³/mol. The minimum Gasteiger partial charge on any atom is -0.495 e. The molecule has 3 rings (SSSR count). The van der Waals surface area contributed by atoms with E-state index < -0.39 is 0 Å². The number of methoxy groups -OCH3 is 2. The normalized spacial score (nSPS) is 10.1. The predicted octanol–water partition coefficient (Wildman–Crippen LogP) is 7.44. The number of nitrogens with one attached hydrogen (secondary N) is 3. The number of hydrogen-bond acceptors (Lipinski definition) is 10. The van der Waals surface area contributed by atoms with Crippen LogP contribution in [0.3, 0.4) is 0 Å². The van der Waals surface area contributed by atoms with Crippen molar-refractivity contribution in [1.82, 2.24) is 19.7 Å². The summed E-state index contributed by atoms with van der Waals surface area (Å²) in [7, 11) is 4.77. The average molecular weight is 588 g/mol. The molecule has 3 N–H and O–H groups in total. The Labute approximate surface area is 241 Å². The number of rotatable bonds is 12. The lowest BCUT2D eigenvalue weighted by Crippen LogP contribution is -2.17. The van der Waals surface area contributed by atoms with Crippen LogP contribution >= 0.6 is 35.4 Å². The van der Waals surface area contributed by atoms with Gasteiger partial charge in [-0.1, -0.05) is 70.5 Å². The van der Waals surface area contributed by atoms with Crippen LogP contribution in [0.5, 0.6) is 17.2 Å². The highest BCUT2D eigenvalue weighted by Gasteiger charge is 2.24. The van der Waals surface area contributed by atoms with Crippen molar-refractivity contribution in [2.24, 2.45) is 0 Å². The highest BCUT2D eigenvalue weighted by atomic mass is 35.5. The number of unbranched alkanes of at least 4 members (excludes halogenated alkanes) is 2. The number of pyridine rings is 1. The van der Waals surface area contributed by atoms with Gasteiger partial charge in [-0.3, -0.25) is 4.72 Å². The van der Waals surface area contributed by atoms with Gasteiger partial charge >= 0.3 is 0 Å². The molecule has 0 amide bonds. The molecule has 0 saturated carbocycles. The molecule has 0 fully saturated rings. The molecular weight excluding hydrogens is 547 g/mol. The van der Waals surface area contributed by atoms with E-state index in [0.29, 0.717) is 46.6 Å². The Morgan fingerprint density at radius 3 is 2.21 bits per heavy atom. The van der Waals surface area contributed by atoms with Gasteiger partial charge in [0.15, 0.2) is 17.3 Å². The van der Waals surface area contributed by atoms with Crippen molar-refractivity contribution >= 4 is 58.1 Å². The van der Waals surface area contributed by atoms with Crippen molar-refractivity contribution in [2.45, 2.75) is 47.0 Å². The molecule has 9 nitrogen and oxygen atoms in total. The molecule has 0 aliphatic carbocycles. The number of fused-ring (bicyclic) bond motifs is 1. The number of aromatic nitrogens is 3. The first-order chi connectivity index (χ1) is 18.5. The molecule has 0 radical (unpaired) electrons. The van der Waals surface area contributed by atoms with E-state index in [-0.39, 0.29) is 10.8 Å². The molecule has 0 atom stereocenters. The third-order valence-electron chi connectivity index (χ3n) is 5.08. The second-order valence-electron chi connectivity index (χ2n) is 7.49. The van der Waals surface area contributed by atoms with Gasteiger partial charge in [-0.2, -0.15) is 0 Å². The Morgan fingerprint density at radius 2 is 1.68 bits per heavy atom. The quantitative estimate of drug-likeness (QED) is 0.146. The summed E-state index contributed by atoms with van der Waals surface area (Å²) in [5.74, 6) is 2.03. The maximum atomic E-state index is 6.62. The number of nitrogens with zero attached hydrogens (tertiary/aromatic N) is 3. The lowest BCUT2D eigenvalue weighted by Gasteiger charge is -2.17. The van der Waals surface area contributed by atoms with Crippen LogP contribution in [0.1, 0.15) is 47.0 Å². The highest BCUT2D eigenvalue weighted by Crippen LogP contribution is 2.48. The number of hydrogen-bond donors (Lipinski definition) is 3. The van der Waals surface area contributed by atoms with E-state index in [9.17, 15) is 0 Å². The molecule has 3 aromatic rings. The average Bonchev–Trinajstić information content (AvgIpc) is 2.96. The number of benzene rings is 1. The number of ether oxygens (including phenoxy) is 2. The van der Waals surface area contributed by atoms with Crippen molar-refractivity contribution in [3.05, 3.63) is 23.4 Å². The third kappa shape index (κ3) is 9.11. The first kappa shape index (κ1) is 33.6. The van der Waals surface area contributed by atoms with E-state index in [2.05, 4.69) is 39.2 Å². The van der Waals surface area contributed by atoms with Gasteiger partial charge in [0.1, 0.15) is 23.1 Å². The Morgan fingerprint density at radius 1 is 1.00 bits per heavy atom. The van der Waals surface area contributed by atoms with Crippen LogP contribution in [0.2, 0.25) is 5.02 Å². The summed E-state index contributed by atoms with van der Waals surface area (Å²) in [5, 5.41) is 7.29. The number of halogens is 2. The first-order valence-electron chi connectivity index (χ1n) is 12.6. The molecule has 12 heteroatoms. The van der Waals surface area contributed by atoms with E-state index >= 15 is 0 Å². The van der Waals surface area contributed by atoms with E-state index in [1.54, 1.807) is 25.4 Å². The minimum absolute atomic E-state index is 0.226. The molecule has 212 valence electrons. The highest BCUT2D eigenvalue weighted by molar-refractivity contribution is 7.96. The minimum atomic E-state index is 0.226. The van der Waals surface area contributed by atoms with Crippen molar-refractivity contribution in [1.29, 1.82) is 0 Å². The third-order valence-corrected chi connectivity index (χ3v) is 6.10. The van der Waals surface area contributed by atoms with Crippen LogP contribution < -0.4 is 29.1 Å². The summed E-state index contributed by atoms with van der Waals surface area (Å²) >= 11 is 13.9. The summed E-state index contributed by atoms with van der Waals surface area (Å²) in [6.07, 6.45) is 7.75. The molecule has 0 spiro atoms. The summed E-state index contributed by atoms with van der Waals surface area (Å²) in [6, 6.07) is 3.40. The second-order valence-corrected chi connectivity index (χ2v) is 8.72. The number of anilines is 2. The molecule has 38 heavy (non-hydrogen) atoms. The summed E-state index contributed by atoms with van der Waals surface area (Å²) in [5.41, 5.74) is 1.58. The monoisotopic (exact) mass is 586 g/mol. The Hall–Kier alpha value is -2.40. The molecule has 2 aromatic heterocycles. The van der Waals surface area contributed by atoms with Crippen LogP contribution in [0.15, 0.2) is 18.3 Å². The fourth-order valence-corrected chi connectivity index (χ4v) is 4.07. The van der Waals surface area contributed by atoms with Crippen molar-refractivity contribution in [3.63, 3.8) is 0 Å². The zero-order valence-electron chi connectivity index (χ0n) is 23.5. The lowest BCUT2D eigenvalue weighted by atomic mass is 10.1. The molecule has 0 saturated heterocycles. The SMILES string of the molecule is CC.CCCCC.CNc1ncc2cc(-c3c(Cl)c(OC)cc(OC)c3OCl)nc(NCCNSC)c2n1. The van der Waals surface area contributed by atoms with Gasteiger partial charge in [-0.15, -0.1) is 0 Å². The fraction of sp³-hybridized carbons (Fsp3) is 0.500. The molecule has 0 aliphatic rings. The van der Waals surface area contributed by atoms with Gasteiger partial charge < -0.3 is 24.4 Å². The van der Waals surface area contributed by atoms with Crippen LogP contribution in [0, 0.1) is 0 Å². The van der Waals surface area contributed by atoms with Gasteiger partial charge in [0.25, 0.3) is 0 Å². The van der Waals surface area contributed by atoms with Gasteiger partial charge in [-0.05, 0) is 12.3 Å². The van der Waals surface area contributed by atoms with E-state index in [1.165, 1.54) is 45.4 Å². The Balaban J connectivity index is 0.000000924. The standard InChI is InChI=1S/C19H22Cl2N6O3S.C5H12.C2H6/c1-22-19-24-9-10-7-11(26-18(16(10)27-19)23-5-6-25-31-4)14-15(20)12(28-2)8-13(29-3)17(14)30-21;1-3-5-4-2;1-2/h7-9,25H,5-6H2,1-4H3,(H,23,26)(H,22,24,27);3-5H2,1-2H3;1-2H3. The van der Waals surface area contributed by atoms with Gasteiger partial charge in [0, 0.05) is 37.8 Å². The fourth-order valence-electron chi connectivity index (χ4n) is 3.30. The van der Waals surface area contributed by atoms with Gasteiger partial charge in [0.05, 0.1) is 30.5 Å². The molecule has 1 aromatic carbocycles. The first-order valence-corrected chi connectivity index (χ1v) is 14.5. The zero-order valence-corrected chi connectivity index (χ0v) is 25.8. The smallest absolute Gasteiger partial charge is 0.223 e. The van der Waals surface area contributed by atoms with Gasteiger partial charge in [0.2, 0.25) is 5.95 Å². The topological polar surface area (TPSA) is 102 Å². The lowest BCUT2D eigenvalue weighted by molar-refractivity contribution is 0.383. The van der Waals surface area contributed by atoms with Crippen molar-refractivity contribution in [3.8, 4) is 28.5 Å². The van der Waals surface area contributed by atoms with Crippen LogP contribution in [-0.4, -0.2) is 55.6 Å². The van der Waals surface area contributed by atoms with Crippen molar-refractivity contribution in [2.75, 3.05) is 51.2 Å². The van der Waals surface area contributed by atoms with Crippen molar-refractivity contribution < 1.29 is 13.8 Å². The van der Waals surface area contributed by atoms with E-state index in [4.69, 9.17) is 42.2 Å². The maximum absolute atomic E-state index is 6.62. The Bertz CT molecular complexity index is 1120. The maximum Gasteiger partial charge on any atom is 0.223 e. The molecule has 0 aliphatic heterocycles.